The SMILES string of the molecule is Brc1csc(CNC2CCCc3sc(I)cc32)c1. The lowest BCUT2D eigenvalue weighted by Crippen LogP contribution is -2.23. The molecular formula is C13H13BrINS2. The highest BCUT2D eigenvalue weighted by atomic mass is 127. The number of fused-ring (bicyclic) bond motifs is 1. The van der Waals surface area contributed by atoms with Crippen molar-refractivity contribution in [3.63, 3.8) is 0 Å². The van der Waals surface area contributed by atoms with Gasteiger partial charge in [-0.25, -0.2) is 0 Å². The zero-order valence-corrected chi connectivity index (χ0v) is 15.1. The van der Waals surface area contributed by atoms with Crippen LogP contribution in [0.25, 0.3) is 0 Å². The molecule has 0 fully saturated rings. The second kappa shape index (κ2) is 5.91. The predicted molar refractivity (Wildman–Crippen MR) is 91.6 cm³/mol. The second-order valence-electron chi connectivity index (χ2n) is 4.49. The van der Waals surface area contributed by atoms with Crippen LogP contribution in [0.1, 0.15) is 34.2 Å². The summed E-state index contributed by atoms with van der Waals surface area (Å²) in [4.78, 5) is 2.99. The van der Waals surface area contributed by atoms with Crippen LogP contribution < -0.4 is 5.32 Å². The third-order valence-corrected chi connectivity index (χ3v) is 6.90. The molecule has 0 aromatic carbocycles. The van der Waals surface area contributed by atoms with Crippen LogP contribution >= 0.6 is 61.2 Å². The highest BCUT2D eigenvalue weighted by Crippen LogP contribution is 2.36. The highest BCUT2D eigenvalue weighted by molar-refractivity contribution is 14.1. The Balaban J connectivity index is 1.70. The van der Waals surface area contributed by atoms with Crippen LogP contribution in [0.5, 0.6) is 0 Å². The molecule has 3 rings (SSSR count). The molecular weight excluding hydrogens is 441 g/mol. The average Bonchev–Trinajstić information content (AvgIpc) is 2.91. The van der Waals surface area contributed by atoms with E-state index in [2.05, 4.69) is 61.4 Å². The van der Waals surface area contributed by atoms with Crippen molar-refractivity contribution in [3.05, 3.63) is 40.2 Å². The van der Waals surface area contributed by atoms with Gasteiger partial charge in [-0.05, 0) is 75.5 Å². The normalized spacial score (nSPS) is 18.9. The summed E-state index contributed by atoms with van der Waals surface area (Å²) in [5.41, 5.74) is 1.55. The summed E-state index contributed by atoms with van der Waals surface area (Å²) in [6.07, 6.45) is 3.85. The Bertz CT molecular complexity index is 549. The number of nitrogens with one attached hydrogen (secondary N) is 1. The van der Waals surface area contributed by atoms with Gasteiger partial charge in [0.2, 0.25) is 0 Å². The van der Waals surface area contributed by atoms with E-state index >= 15 is 0 Å². The summed E-state index contributed by atoms with van der Waals surface area (Å²) in [5, 5.41) is 5.86. The third kappa shape index (κ3) is 3.00. The molecule has 96 valence electrons. The first-order valence-electron chi connectivity index (χ1n) is 5.97. The molecule has 0 radical (unpaired) electrons. The quantitative estimate of drug-likeness (QED) is 0.618. The minimum atomic E-state index is 0.550. The van der Waals surface area contributed by atoms with Crippen molar-refractivity contribution in [1.29, 1.82) is 0 Å². The second-order valence-corrected chi connectivity index (χ2v) is 9.43. The van der Waals surface area contributed by atoms with Gasteiger partial charge in [0.25, 0.3) is 0 Å². The Morgan fingerprint density at radius 3 is 3.11 bits per heavy atom. The third-order valence-electron chi connectivity index (χ3n) is 3.23. The molecule has 5 heteroatoms. The first kappa shape index (κ1) is 13.5. The molecule has 0 amide bonds. The summed E-state index contributed by atoms with van der Waals surface area (Å²) in [6.45, 7) is 0.979. The lowest BCUT2D eigenvalue weighted by Gasteiger charge is -2.23. The molecule has 2 aromatic heterocycles. The van der Waals surface area contributed by atoms with Gasteiger partial charge >= 0.3 is 0 Å². The average molecular weight is 454 g/mol. The Labute approximate surface area is 137 Å². The van der Waals surface area contributed by atoms with E-state index in [1.807, 2.05) is 22.7 Å². The van der Waals surface area contributed by atoms with Crippen molar-refractivity contribution < 1.29 is 0 Å². The van der Waals surface area contributed by atoms with Gasteiger partial charge < -0.3 is 5.32 Å². The Morgan fingerprint density at radius 1 is 1.44 bits per heavy atom. The molecule has 0 aliphatic heterocycles. The summed E-state index contributed by atoms with van der Waals surface area (Å²) in [6, 6.07) is 5.12. The van der Waals surface area contributed by atoms with E-state index in [4.69, 9.17) is 0 Å². The molecule has 1 N–H and O–H groups in total. The summed E-state index contributed by atoms with van der Waals surface area (Å²) < 4.78 is 2.61. The van der Waals surface area contributed by atoms with Gasteiger partial charge in [0, 0.05) is 32.2 Å². The van der Waals surface area contributed by atoms with Crippen LogP contribution in [0, 0.1) is 2.88 Å². The molecule has 2 heterocycles. The van der Waals surface area contributed by atoms with E-state index in [1.54, 1.807) is 10.4 Å². The van der Waals surface area contributed by atoms with Gasteiger partial charge in [0.15, 0.2) is 0 Å². The fraction of sp³-hybridized carbons (Fsp3) is 0.385. The van der Waals surface area contributed by atoms with Crippen molar-refractivity contribution >= 4 is 61.2 Å². The van der Waals surface area contributed by atoms with E-state index in [0.29, 0.717) is 6.04 Å². The Morgan fingerprint density at radius 2 is 2.33 bits per heavy atom. The fourth-order valence-electron chi connectivity index (χ4n) is 2.40. The van der Waals surface area contributed by atoms with Gasteiger partial charge in [-0.3, -0.25) is 0 Å². The summed E-state index contributed by atoms with van der Waals surface area (Å²) >= 11 is 9.73. The van der Waals surface area contributed by atoms with Crippen molar-refractivity contribution in [3.8, 4) is 0 Å². The van der Waals surface area contributed by atoms with Crippen molar-refractivity contribution in [2.75, 3.05) is 0 Å². The zero-order valence-electron chi connectivity index (χ0n) is 9.71. The molecule has 1 nitrogen and oxygen atoms in total. The van der Waals surface area contributed by atoms with E-state index in [-0.39, 0.29) is 0 Å². The van der Waals surface area contributed by atoms with Crippen molar-refractivity contribution in [1.82, 2.24) is 5.32 Å². The van der Waals surface area contributed by atoms with Crippen molar-refractivity contribution in [2.24, 2.45) is 0 Å². The first-order chi connectivity index (χ1) is 8.72. The molecule has 1 unspecified atom stereocenters. The summed E-state index contributed by atoms with van der Waals surface area (Å²) in [5.74, 6) is 0. The van der Waals surface area contributed by atoms with Crippen LogP contribution in [-0.4, -0.2) is 0 Å². The minimum absolute atomic E-state index is 0.550. The number of halogens is 2. The molecule has 2 aromatic rings. The zero-order chi connectivity index (χ0) is 12.5. The number of rotatable bonds is 3. The first-order valence-corrected chi connectivity index (χ1v) is 9.53. The Hall–Kier alpha value is 0.570. The molecule has 1 aliphatic carbocycles. The highest BCUT2D eigenvalue weighted by Gasteiger charge is 2.22. The maximum absolute atomic E-state index is 3.71. The standard InChI is InChI=1S/C13H13BrINS2/c14-8-4-9(17-7-8)6-16-11-2-1-3-12-10(11)5-13(15)18-12/h4-5,7,11,16H,1-3,6H2. The van der Waals surface area contributed by atoms with Crippen LogP contribution in [0.3, 0.4) is 0 Å². The minimum Gasteiger partial charge on any atom is -0.305 e. The van der Waals surface area contributed by atoms with E-state index in [1.165, 1.54) is 31.5 Å². The Kier molecular flexibility index (Phi) is 4.45. The van der Waals surface area contributed by atoms with Crippen LogP contribution in [-0.2, 0) is 13.0 Å². The lowest BCUT2D eigenvalue weighted by atomic mass is 9.94. The molecule has 1 atom stereocenters. The van der Waals surface area contributed by atoms with E-state index in [9.17, 15) is 0 Å². The predicted octanol–water partition coefficient (Wildman–Crippen LogP) is 5.34. The van der Waals surface area contributed by atoms with Gasteiger partial charge in [0.1, 0.15) is 0 Å². The molecule has 0 bridgehead atoms. The largest absolute Gasteiger partial charge is 0.305 e. The summed E-state index contributed by atoms with van der Waals surface area (Å²) in [7, 11) is 0. The number of hydrogen-bond acceptors (Lipinski definition) is 3. The van der Waals surface area contributed by atoms with Gasteiger partial charge in [-0.2, -0.15) is 0 Å². The van der Waals surface area contributed by atoms with Gasteiger partial charge in [0.05, 0.1) is 2.88 Å². The lowest BCUT2D eigenvalue weighted by molar-refractivity contribution is 0.465. The molecule has 0 spiro atoms. The maximum atomic E-state index is 3.71. The molecule has 1 aliphatic rings. The molecule has 0 saturated carbocycles. The topological polar surface area (TPSA) is 12.0 Å². The van der Waals surface area contributed by atoms with Gasteiger partial charge in [-0.1, -0.05) is 0 Å². The number of hydrogen-bond donors (Lipinski definition) is 1. The van der Waals surface area contributed by atoms with Crippen LogP contribution in [0.4, 0.5) is 0 Å². The van der Waals surface area contributed by atoms with Crippen molar-refractivity contribution in [2.45, 2.75) is 31.8 Å². The van der Waals surface area contributed by atoms with Crippen LogP contribution in [0.2, 0.25) is 0 Å². The molecule has 0 saturated heterocycles. The van der Waals surface area contributed by atoms with E-state index < -0.39 is 0 Å². The fourth-order valence-corrected chi connectivity index (χ4v) is 5.93. The van der Waals surface area contributed by atoms with Gasteiger partial charge in [-0.15, -0.1) is 22.7 Å². The number of thiophene rings is 2. The monoisotopic (exact) mass is 453 g/mol. The smallest absolute Gasteiger partial charge is 0.0659 e. The maximum Gasteiger partial charge on any atom is 0.0659 e. The molecule has 18 heavy (non-hydrogen) atoms. The number of aryl methyl sites for hydroxylation is 1. The van der Waals surface area contributed by atoms with E-state index in [0.717, 1.165) is 6.54 Å². The van der Waals surface area contributed by atoms with Crippen LogP contribution in [0.15, 0.2) is 22.0 Å².